The third-order valence-corrected chi connectivity index (χ3v) is 3.25. The summed E-state index contributed by atoms with van der Waals surface area (Å²) in [5, 5.41) is 19.9. The van der Waals surface area contributed by atoms with E-state index in [-0.39, 0.29) is 6.42 Å². The van der Waals surface area contributed by atoms with Crippen LogP contribution in [0.3, 0.4) is 0 Å². The van der Waals surface area contributed by atoms with Crippen molar-refractivity contribution in [1.82, 2.24) is 4.98 Å². The van der Waals surface area contributed by atoms with Gasteiger partial charge in [-0.2, -0.15) is 0 Å². The summed E-state index contributed by atoms with van der Waals surface area (Å²) in [6.45, 7) is 0. The van der Waals surface area contributed by atoms with Crippen LogP contribution < -0.4 is 0 Å². The lowest BCUT2D eigenvalue weighted by molar-refractivity contribution is -0.136. The zero-order valence-corrected chi connectivity index (χ0v) is 11.1. The van der Waals surface area contributed by atoms with Crippen LogP contribution in [0.2, 0.25) is 0 Å². The van der Waals surface area contributed by atoms with Crippen LogP contribution >= 0.6 is 0 Å². The highest BCUT2D eigenvalue weighted by Crippen LogP contribution is 2.28. The lowest BCUT2D eigenvalue weighted by Gasteiger charge is -2.06. The number of aliphatic carboxylic acids is 1. The fourth-order valence-corrected chi connectivity index (χ4v) is 2.24. The summed E-state index contributed by atoms with van der Waals surface area (Å²) < 4.78 is 5.63. The molecule has 0 fully saturated rings. The molecule has 0 saturated heterocycles. The van der Waals surface area contributed by atoms with E-state index in [2.05, 4.69) is 4.98 Å². The van der Waals surface area contributed by atoms with Crippen molar-refractivity contribution in [1.29, 1.82) is 0 Å². The number of hydrogen-bond acceptors (Lipinski definition) is 4. The van der Waals surface area contributed by atoms with Crippen LogP contribution in [-0.2, 0) is 11.2 Å². The first kappa shape index (κ1) is 13.3. The number of carboxylic acids is 1. The molecule has 0 aliphatic rings. The monoisotopic (exact) mass is 283 g/mol. The van der Waals surface area contributed by atoms with Gasteiger partial charge in [0, 0.05) is 17.8 Å². The Bertz CT molecular complexity index is 779. The maximum absolute atomic E-state index is 10.7. The second kappa shape index (κ2) is 5.38. The number of aliphatic hydroxyl groups excluding tert-OH is 1. The number of nitrogens with zero attached hydrogens (tertiary/aromatic N) is 1. The van der Waals surface area contributed by atoms with E-state index in [1.165, 1.54) is 0 Å². The van der Waals surface area contributed by atoms with Gasteiger partial charge in [-0.05, 0) is 41.5 Å². The zero-order valence-electron chi connectivity index (χ0n) is 11.1. The van der Waals surface area contributed by atoms with Gasteiger partial charge in [-0.15, -0.1) is 0 Å². The summed E-state index contributed by atoms with van der Waals surface area (Å²) >= 11 is 0. The van der Waals surface area contributed by atoms with Gasteiger partial charge in [0.25, 0.3) is 0 Å². The number of hydrogen-bond donors (Lipinski definition) is 2. The average molecular weight is 283 g/mol. The molecule has 1 unspecified atom stereocenters. The Morgan fingerprint density at radius 1 is 1.19 bits per heavy atom. The normalized spacial score (nSPS) is 12.4. The number of rotatable bonds is 4. The van der Waals surface area contributed by atoms with Crippen LogP contribution in [0.4, 0.5) is 0 Å². The van der Waals surface area contributed by atoms with E-state index in [0.717, 1.165) is 5.39 Å². The Morgan fingerprint density at radius 3 is 2.67 bits per heavy atom. The van der Waals surface area contributed by atoms with Crippen LogP contribution in [0.1, 0.15) is 23.0 Å². The molecule has 106 valence electrons. The predicted octanol–water partition coefficient (Wildman–Crippen LogP) is 2.54. The smallest absolute Gasteiger partial charge is 0.307 e. The summed E-state index contributed by atoms with van der Waals surface area (Å²) in [5.74, 6) is -0.460. The van der Waals surface area contributed by atoms with Gasteiger partial charge in [0.05, 0.1) is 6.42 Å². The van der Waals surface area contributed by atoms with Gasteiger partial charge in [-0.3, -0.25) is 9.78 Å². The first-order valence-electron chi connectivity index (χ1n) is 6.45. The van der Waals surface area contributed by atoms with Crippen molar-refractivity contribution in [3.05, 3.63) is 65.7 Å². The molecule has 0 amide bonds. The summed E-state index contributed by atoms with van der Waals surface area (Å²) in [4.78, 5) is 14.6. The lowest BCUT2D eigenvalue weighted by atomic mass is 10.1. The third-order valence-electron chi connectivity index (χ3n) is 3.25. The van der Waals surface area contributed by atoms with Crippen LogP contribution in [0.15, 0.2) is 53.2 Å². The molecule has 0 bridgehead atoms. The SMILES string of the molecule is O=C(O)Cc1ccc2oc(C(O)c3ccncc3)cc2c1. The number of furan rings is 1. The Hall–Kier alpha value is -2.66. The number of carboxylic acid groups (broad SMARTS) is 1. The third kappa shape index (κ3) is 2.78. The maximum Gasteiger partial charge on any atom is 0.307 e. The molecule has 2 N–H and O–H groups in total. The number of benzene rings is 1. The minimum atomic E-state index is -0.880. The van der Waals surface area contributed by atoms with E-state index >= 15 is 0 Å². The van der Waals surface area contributed by atoms with Crippen molar-refractivity contribution < 1.29 is 19.4 Å². The predicted molar refractivity (Wildman–Crippen MR) is 75.9 cm³/mol. The molecule has 21 heavy (non-hydrogen) atoms. The van der Waals surface area contributed by atoms with Crippen LogP contribution in [0.25, 0.3) is 11.0 Å². The highest BCUT2D eigenvalue weighted by Gasteiger charge is 2.15. The first-order chi connectivity index (χ1) is 10.1. The topological polar surface area (TPSA) is 83.6 Å². The Balaban J connectivity index is 1.95. The molecule has 5 heteroatoms. The molecular weight excluding hydrogens is 270 g/mol. The highest BCUT2D eigenvalue weighted by atomic mass is 16.4. The van der Waals surface area contributed by atoms with Gasteiger partial charge in [0.15, 0.2) is 0 Å². The molecule has 0 aliphatic carbocycles. The van der Waals surface area contributed by atoms with Gasteiger partial charge in [0.2, 0.25) is 0 Å². The first-order valence-corrected chi connectivity index (χ1v) is 6.45. The molecule has 0 aliphatic heterocycles. The van der Waals surface area contributed by atoms with Crippen LogP contribution in [0, 0.1) is 0 Å². The minimum absolute atomic E-state index is 0.0383. The van der Waals surface area contributed by atoms with E-state index in [1.807, 2.05) is 0 Å². The Labute approximate surface area is 120 Å². The molecule has 5 nitrogen and oxygen atoms in total. The molecule has 3 rings (SSSR count). The van der Waals surface area contributed by atoms with Crippen molar-refractivity contribution >= 4 is 16.9 Å². The van der Waals surface area contributed by atoms with Gasteiger partial charge in [0.1, 0.15) is 17.4 Å². The molecule has 2 aromatic heterocycles. The van der Waals surface area contributed by atoms with Crippen molar-refractivity contribution in [2.45, 2.75) is 12.5 Å². The van der Waals surface area contributed by atoms with Crippen molar-refractivity contribution in [3.8, 4) is 0 Å². The number of aliphatic hydroxyl groups is 1. The highest BCUT2D eigenvalue weighted by molar-refractivity contribution is 5.80. The van der Waals surface area contributed by atoms with E-state index < -0.39 is 12.1 Å². The number of carbonyl (C=O) groups is 1. The standard InChI is InChI=1S/C16H13NO4/c18-15(19)8-10-1-2-13-12(7-10)9-14(21-13)16(20)11-3-5-17-6-4-11/h1-7,9,16,20H,8H2,(H,18,19). The van der Waals surface area contributed by atoms with E-state index in [1.54, 1.807) is 48.8 Å². The van der Waals surface area contributed by atoms with Gasteiger partial charge in [-0.25, -0.2) is 0 Å². The van der Waals surface area contributed by atoms with Crippen molar-refractivity contribution in [2.24, 2.45) is 0 Å². The second-order valence-electron chi connectivity index (χ2n) is 4.77. The van der Waals surface area contributed by atoms with Crippen LogP contribution in [-0.4, -0.2) is 21.2 Å². The maximum atomic E-state index is 10.7. The summed E-state index contributed by atoms with van der Waals surface area (Å²) in [6.07, 6.45) is 2.30. The quantitative estimate of drug-likeness (QED) is 0.768. The molecule has 1 aromatic carbocycles. The summed E-state index contributed by atoms with van der Waals surface area (Å²) in [7, 11) is 0. The minimum Gasteiger partial charge on any atom is -0.481 e. The van der Waals surface area contributed by atoms with Crippen molar-refractivity contribution in [3.63, 3.8) is 0 Å². The molecule has 0 saturated carbocycles. The molecule has 3 aromatic rings. The van der Waals surface area contributed by atoms with E-state index in [9.17, 15) is 9.90 Å². The Kier molecular flexibility index (Phi) is 3.41. The van der Waals surface area contributed by atoms with Gasteiger partial charge >= 0.3 is 5.97 Å². The summed E-state index contributed by atoms with van der Waals surface area (Å²) in [5.41, 5.74) is 2.00. The number of pyridine rings is 1. The fraction of sp³-hybridized carbons (Fsp3) is 0.125. The van der Waals surface area contributed by atoms with E-state index in [4.69, 9.17) is 9.52 Å². The largest absolute Gasteiger partial charge is 0.481 e. The number of aromatic nitrogens is 1. The van der Waals surface area contributed by atoms with Crippen LogP contribution in [0.5, 0.6) is 0 Å². The summed E-state index contributed by atoms with van der Waals surface area (Å²) in [6, 6.07) is 10.3. The molecule has 0 spiro atoms. The fourth-order valence-electron chi connectivity index (χ4n) is 2.24. The molecule has 1 atom stereocenters. The number of fused-ring (bicyclic) bond motifs is 1. The Morgan fingerprint density at radius 2 is 1.95 bits per heavy atom. The molecular formula is C16H13NO4. The van der Waals surface area contributed by atoms with Crippen molar-refractivity contribution in [2.75, 3.05) is 0 Å². The average Bonchev–Trinajstić information content (AvgIpc) is 2.90. The van der Waals surface area contributed by atoms with E-state index in [0.29, 0.717) is 22.5 Å². The molecule has 2 heterocycles. The van der Waals surface area contributed by atoms with Gasteiger partial charge in [-0.1, -0.05) is 6.07 Å². The lowest BCUT2D eigenvalue weighted by Crippen LogP contribution is -1.99. The second-order valence-corrected chi connectivity index (χ2v) is 4.77. The van der Waals surface area contributed by atoms with Gasteiger partial charge < -0.3 is 14.6 Å². The molecule has 0 radical (unpaired) electrons. The zero-order chi connectivity index (χ0) is 14.8.